The summed E-state index contributed by atoms with van der Waals surface area (Å²) in [6.45, 7) is 0.504. The first-order chi connectivity index (χ1) is 13.6. The first-order valence-electron chi connectivity index (χ1n) is 8.92. The molecule has 144 valence electrons. The number of hydrogen-bond donors (Lipinski definition) is 1. The van der Waals surface area contributed by atoms with Crippen molar-refractivity contribution >= 4 is 21.9 Å². The van der Waals surface area contributed by atoms with Crippen LogP contribution in [0.2, 0.25) is 0 Å². The number of carbonyl (C=O) groups excluding carboxylic acids is 1. The van der Waals surface area contributed by atoms with Crippen molar-refractivity contribution in [2.45, 2.75) is 19.4 Å². The highest BCUT2D eigenvalue weighted by Gasteiger charge is 2.12. The second-order valence-electron chi connectivity index (χ2n) is 6.37. The average molecular weight is 441 g/mol. The second-order valence-corrected chi connectivity index (χ2v) is 7.29. The number of carbonyl (C=O) groups is 1. The van der Waals surface area contributed by atoms with Crippen molar-refractivity contribution in [1.82, 2.24) is 0 Å². The Morgan fingerprint density at radius 2 is 1.75 bits per heavy atom. The number of benzene rings is 3. The van der Waals surface area contributed by atoms with E-state index >= 15 is 0 Å². The van der Waals surface area contributed by atoms with E-state index in [0.717, 1.165) is 33.3 Å². The Balaban J connectivity index is 1.70. The minimum atomic E-state index is -0.548. The fourth-order valence-electron chi connectivity index (χ4n) is 2.91. The predicted molar refractivity (Wildman–Crippen MR) is 112 cm³/mol. The van der Waals surface area contributed by atoms with Gasteiger partial charge < -0.3 is 14.6 Å². The van der Waals surface area contributed by atoms with Crippen LogP contribution in [0.25, 0.3) is 0 Å². The molecule has 0 unspecified atom stereocenters. The van der Waals surface area contributed by atoms with Gasteiger partial charge >= 0.3 is 5.97 Å². The number of methoxy groups -OCH3 is 1. The standard InChI is InChI=1S/C23H21BrO4/c1-27-23(26)20-11-8-16(13-21(20)25)7-9-18-14-19(24)10-12-22(18)28-15-17-5-3-2-4-6-17/h2-6,8,10-14,25H,7,9,15H2,1H3. The third-order valence-electron chi connectivity index (χ3n) is 4.41. The highest BCUT2D eigenvalue weighted by atomic mass is 79.9. The zero-order valence-electron chi connectivity index (χ0n) is 15.5. The lowest BCUT2D eigenvalue weighted by atomic mass is 10.0. The highest BCUT2D eigenvalue weighted by molar-refractivity contribution is 9.10. The monoisotopic (exact) mass is 440 g/mol. The molecular formula is C23H21BrO4. The molecular weight excluding hydrogens is 420 g/mol. The number of hydrogen-bond acceptors (Lipinski definition) is 4. The van der Waals surface area contributed by atoms with Gasteiger partial charge in [0.15, 0.2) is 0 Å². The molecule has 0 saturated carbocycles. The molecule has 0 bridgehead atoms. The van der Waals surface area contributed by atoms with E-state index in [9.17, 15) is 9.90 Å². The lowest BCUT2D eigenvalue weighted by Gasteiger charge is -2.13. The molecule has 0 radical (unpaired) electrons. The van der Waals surface area contributed by atoms with Gasteiger partial charge in [-0.1, -0.05) is 52.3 Å². The van der Waals surface area contributed by atoms with Gasteiger partial charge in [-0.3, -0.25) is 0 Å². The number of aromatic hydroxyl groups is 1. The number of halogens is 1. The molecule has 0 spiro atoms. The SMILES string of the molecule is COC(=O)c1ccc(CCc2cc(Br)ccc2OCc2ccccc2)cc1O. The summed E-state index contributed by atoms with van der Waals surface area (Å²) < 4.78 is 11.7. The summed E-state index contributed by atoms with van der Waals surface area (Å²) in [5.74, 6) is 0.217. The Labute approximate surface area is 172 Å². The van der Waals surface area contributed by atoms with Crippen LogP contribution in [0.15, 0.2) is 71.2 Å². The minimum Gasteiger partial charge on any atom is -0.507 e. The van der Waals surface area contributed by atoms with E-state index in [2.05, 4.69) is 20.7 Å². The van der Waals surface area contributed by atoms with E-state index in [1.165, 1.54) is 7.11 Å². The first-order valence-corrected chi connectivity index (χ1v) is 9.71. The Bertz CT molecular complexity index is 954. The third kappa shape index (κ3) is 5.14. The summed E-state index contributed by atoms with van der Waals surface area (Å²) in [5.41, 5.74) is 3.28. The van der Waals surface area contributed by atoms with Crippen molar-refractivity contribution in [2.24, 2.45) is 0 Å². The van der Waals surface area contributed by atoms with Gasteiger partial charge in [0.25, 0.3) is 0 Å². The van der Waals surface area contributed by atoms with Crippen molar-refractivity contribution in [3.05, 3.63) is 93.5 Å². The summed E-state index contributed by atoms with van der Waals surface area (Å²) >= 11 is 3.52. The van der Waals surface area contributed by atoms with E-state index in [4.69, 9.17) is 4.74 Å². The van der Waals surface area contributed by atoms with Crippen LogP contribution in [-0.2, 0) is 24.2 Å². The number of phenolic OH excluding ortho intramolecular Hbond substituents is 1. The fraction of sp³-hybridized carbons (Fsp3) is 0.174. The zero-order valence-corrected chi connectivity index (χ0v) is 17.1. The molecule has 0 aliphatic heterocycles. The molecule has 0 saturated heterocycles. The van der Waals surface area contributed by atoms with Crippen LogP contribution < -0.4 is 4.74 Å². The highest BCUT2D eigenvalue weighted by Crippen LogP contribution is 2.27. The van der Waals surface area contributed by atoms with Crippen LogP contribution in [0.4, 0.5) is 0 Å². The van der Waals surface area contributed by atoms with Crippen LogP contribution in [-0.4, -0.2) is 18.2 Å². The summed E-state index contributed by atoms with van der Waals surface area (Å²) in [4.78, 5) is 11.6. The van der Waals surface area contributed by atoms with Crippen molar-refractivity contribution in [2.75, 3.05) is 7.11 Å². The maximum absolute atomic E-state index is 11.6. The number of ether oxygens (including phenoxy) is 2. The lowest BCUT2D eigenvalue weighted by molar-refractivity contribution is 0.0597. The average Bonchev–Trinajstić information content (AvgIpc) is 2.72. The smallest absolute Gasteiger partial charge is 0.341 e. The van der Waals surface area contributed by atoms with Gasteiger partial charge in [-0.25, -0.2) is 4.79 Å². The molecule has 1 N–H and O–H groups in total. The molecule has 0 amide bonds. The third-order valence-corrected chi connectivity index (χ3v) is 4.90. The van der Waals surface area contributed by atoms with Crippen LogP contribution in [0.5, 0.6) is 11.5 Å². The molecule has 4 nitrogen and oxygen atoms in total. The van der Waals surface area contributed by atoms with Gasteiger partial charge in [-0.2, -0.15) is 0 Å². The molecule has 0 atom stereocenters. The van der Waals surface area contributed by atoms with Gasteiger partial charge in [0.05, 0.1) is 7.11 Å². The van der Waals surface area contributed by atoms with E-state index in [0.29, 0.717) is 13.0 Å². The lowest BCUT2D eigenvalue weighted by Crippen LogP contribution is -2.03. The molecule has 0 aromatic heterocycles. The Kier molecular flexibility index (Phi) is 6.71. The largest absolute Gasteiger partial charge is 0.507 e. The Morgan fingerprint density at radius 1 is 0.964 bits per heavy atom. The molecule has 3 aromatic carbocycles. The molecule has 0 heterocycles. The Morgan fingerprint density at radius 3 is 2.46 bits per heavy atom. The van der Waals surface area contributed by atoms with Gasteiger partial charge in [0.1, 0.15) is 23.7 Å². The van der Waals surface area contributed by atoms with E-state index in [-0.39, 0.29) is 11.3 Å². The van der Waals surface area contributed by atoms with Gasteiger partial charge in [-0.15, -0.1) is 0 Å². The van der Waals surface area contributed by atoms with Crippen molar-refractivity contribution in [3.8, 4) is 11.5 Å². The van der Waals surface area contributed by atoms with Crippen molar-refractivity contribution in [3.63, 3.8) is 0 Å². The second kappa shape index (κ2) is 9.42. The van der Waals surface area contributed by atoms with Crippen LogP contribution in [0.1, 0.15) is 27.0 Å². The molecule has 3 aromatic rings. The van der Waals surface area contributed by atoms with Gasteiger partial charge in [-0.05, 0) is 59.9 Å². The maximum atomic E-state index is 11.6. The van der Waals surface area contributed by atoms with Crippen molar-refractivity contribution in [1.29, 1.82) is 0 Å². The number of esters is 1. The number of rotatable bonds is 7. The number of phenols is 1. The van der Waals surface area contributed by atoms with Crippen LogP contribution in [0, 0.1) is 0 Å². The summed E-state index contributed by atoms with van der Waals surface area (Å²) in [7, 11) is 1.29. The quantitative estimate of drug-likeness (QED) is 0.506. The molecule has 3 rings (SSSR count). The Hall–Kier alpha value is -2.79. The van der Waals surface area contributed by atoms with Crippen LogP contribution in [0.3, 0.4) is 0 Å². The molecule has 0 fully saturated rings. The summed E-state index contributed by atoms with van der Waals surface area (Å²) in [5, 5.41) is 10.1. The maximum Gasteiger partial charge on any atom is 0.341 e. The van der Waals surface area contributed by atoms with E-state index in [1.807, 2.05) is 54.6 Å². The summed E-state index contributed by atoms with van der Waals surface area (Å²) in [6.07, 6.45) is 1.44. The number of aryl methyl sites for hydroxylation is 2. The molecule has 0 aliphatic carbocycles. The zero-order chi connectivity index (χ0) is 19.9. The molecule has 5 heteroatoms. The van der Waals surface area contributed by atoms with E-state index in [1.54, 1.807) is 12.1 Å². The normalized spacial score (nSPS) is 10.5. The predicted octanol–water partition coefficient (Wildman–Crippen LogP) is 5.31. The van der Waals surface area contributed by atoms with Crippen molar-refractivity contribution < 1.29 is 19.4 Å². The van der Waals surface area contributed by atoms with Crippen LogP contribution >= 0.6 is 15.9 Å². The van der Waals surface area contributed by atoms with Gasteiger partial charge in [0.2, 0.25) is 0 Å². The fourth-order valence-corrected chi connectivity index (χ4v) is 3.32. The molecule has 0 aliphatic rings. The first kappa shape index (κ1) is 20.0. The minimum absolute atomic E-state index is 0.0702. The summed E-state index contributed by atoms with van der Waals surface area (Å²) in [6, 6.07) is 21.0. The molecule has 28 heavy (non-hydrogen) atoms. The van der Waals surface area contributed by atoms with E-state index < -0.39 is 5.97 Å². The van der Waals surface area contributed by atoms with Gasteiger partial charge in [0, 0.05) is 4.47 Å². The topological polar surface area (TPSA) is 55.8 Å².